The van der Waals surface area contributed by atoms with Crippen LogP contribution in [-0.2, 0) is 11.3 Å². The molecule has 0 radical (unpaired) electrons. The number of hydrogen-bond acceptors (Lipinski definition) is 3. The SMILES string of the molecule is O=C(Nc1cnccc1Br)OCc1ccccc1. The number of amides is 1. The Kier molecular flexibility index (Phi) is 4.30. The van der Waals surface area contributed by atoms with Crippen LogP contribution in [0.4, 0.5) is 10.5 Å². The van der Waals surface area contributed by atoms with Crippen molar-refractivity contribution in [2.45, 2.75) is 6.61 Å². The summed E-state index contributed by atoms with van der Waals surface area (Å²) >= 11 is 3.31. The number of pyridine rings is 1. The predicted octanol–water partition coefficient (Wildman–Crippen LogP) is 3.59. The molecule has 0 bridgehead atoms. The summed E-state index contributed by atoms with van der Waals surface area (Å²) in [7, 11) is 0. The quantitative estimate of drug-likeness (QED) is 0.942. The van der Waals surface area contributed by atoms with Crippen molar-refractivity contribution < 1.29 is 9.53 Å². The summed E-state index contributed by atoms with van der Waals surface area (Å²) in [6.45, 7) is 0.241. The van der Waals surface area contributed by atoms with Gasteiger partial charge in [0.05, 0.1) is 11.9 Å². The molecule has 0 saturated heterocycles. The lowest BCUT2D eigenvalue weighted by Gasteiger charge is -2.07. The summed E-state index contributed by atoms with van der Waals surface area (Å²) in [5, 5.41) is 2.61. The maximum Gasteiger partial charge on any atom is 0.412 e. The van der Waals surface area contributed by atoms with E-state index in [-0.39, 0.29) is 6.61 Å². The molecule has 0 saturated carbocycles. The van der Waals surface area contributed by atoms with E-state index in [9.17, 15) is 4.79 Å². The number of halogens is 1. The van der Waals surface area contributed by atoms with Crippen molar-refractivity contribution >= 4 is 27.7 Å². The molecule has 1 aromatic heterocycles. The Hall–Kier alpha value is -1.88. The standard InChI is InChI=1S/C13H11BrN2O2/c14-11-6-7-15-8-12(11)16-13(17)18-9-10-4-2-1-3-5-10/h1-8H,9H2,(H,16,17). The number of rotatable bonds is 3. The van der Waals surface area contributed by atoms with Crippen molar-refractivity contribution in [2.24, 2.45) is 0 Å². The van der Waals surface area contributed by atoms with Gasteiger partial charge in [0.25, 0.3) is 0 Å². The minimum Gasteiger partial charge on any atom is -0.444 e. The fraction of sp³-hybridized carbons (Fsp3) is 0.0769. The molecule has 1 aromatic carbocycles. The van der Waals surface area contributed by atoms with E-state index in [1.165, 1.54) is 0 Å². The fourth-order valence-corrected chi connectivity index (χ4v) is 1.66. The van der Waals surface area contributed by atoms with Crippen molar-refractivity contribution in [3.8, 4) is 0 Å². The lowest BCUT2D eigenvalue weighted by atomic mass is 10.2. The van der Waals surface area contributed by atoms with Gasteiger partial charge in [-0.3, -0.25) is 10.3 Å². The molecule has 0 spiro atoms. The first-order valence-electron chi connectivity index (χ1n) is 5.33. The van der Waals surface area contributed by atoms with E-state index < -0.39 is 6.09 Å². The van der Waals surface area contributed by atoms with Crippen LogP contribution < -0.4 is 5.32 Å². The van der Waals surface area contributed by atoms with Crippen LogP contribution in [0.1, 0.15) is 5.56 Å². The molecular formula is C13H11BrN2O2. The third-order valence-corrected chi connectivity index (χ3v) is 2.91. The molecule has 2 rings (SSSR count). The normalized spacial score (nSPS) is 9.83. The summed E-state index contributed by atoms with van der Waals surface area (Å²) in [5.41, 5.74) is 1.52. The number of ether oxygens (including phenoxy) is 1. The average Bonchev–Trinajstić information content (AvgIpc) is 2.40. The molecule has 1 N–H and O–H groups in total. The van der Waals surface area contributed by atoms with Crippen LogP contribution in [0.15, 0.2) is 53.3 Å². The van der Waals surface area contributed by atoms with Crippen molar-refractivity contribution in [1.82, 2.24) is 4.98 Å². The number of nitrogens with one attached hydrogen (secondary N) is 1. The summed E-state index contributed by atoms with van der Waals surface area (Å²) in [6.07, 6.45) is 2.67. The highest BCUT2D eigenvalue weighted by Crippen LogP contribution is 2.20. The maximum absolute atomic E-state index is 11.6. The van der Waals surface area contributed by atoms with E-state index in [4.69, 9.17) is 4.74 Å². The molecule has 18 heavy (non-hydrogen) atoms. The molecule has 0 aliphatic rings. The largest absolute Gasteiger partial charge is 0.444 e. The van der Waals surface area contributed by atoms with Crippen LogP contribution in [-0.4, -0.2) is 11.1 Å². The molecule has 1 amide bonds. The van der Waals surface area contributed by atoms with E-state index >= 15 is 0 Å². The zero-order valence-electron chi connectivity index (χ0n) is 9.47. The molecule has 92 valence electrons. The molecule has 0 fully saturated rings. The van der Waals surface area contributed by atoms with Crippen LogP contribution in [0.25, 0.3) is 0 Å². The first-order chi connectivity index (χ1) is 8.75. The second-order valence-corrected chi connectivity index (χ2v) is 4.40. The Morgan fingerprint density at radius 1 is 1.28 bits per heavy atom. The predicted molar refractivity (Wildman–Crippen MR) is 72.2 cm³/mol. The van der Waals surface area contributed by atoms with E-state index in [0.717, 1.165) is 10.0 Å². The van der Waals surface area contributed by atoms with Crippen LogP contribution in [0.2, 0.25) is 0 Å². The van der Waals surface area contributed by atoms with Crippen LogP contribution in [0, 0.1) is 0 Å². The molecule has 2 aromatic rings. The van der Waals surface area contributed by atoms with Gasteiger partial charge in [-0.2, -0.15) is 0 Å². The maximum atomic E-state index is 11.6. The zero-order chi connectivity index (χ0) is 12.8. The monoisotopic (exact) mass is 306 g/mol. The van der Waals surface area contributed by atoms with Crippen molar-refractivity contribution in [3.63, 3.8) is 0 Å². The van der Waals surface area contributed by atoms with Crippen LogP contribution >= 0.6 is 15.9 Å². The van der Waals surface area contributed by atoms with Crippen LogP contribution in [0.3, 0.4) is 0 Å². The van der Waals surface area contributed by atoms with Gasteiger partial charge in [0, 0.05) is 10.7 Å². The Balaban J connectivity index is 1.88. The highest BCUT2D eigenvalue weighted by atomic mass is 79.9. The smallest absolute Gasteiger partial charge is 0.412 e. The number of benzene rings is 1. The highest BCUT2D eigenvalue weighted by molar-refractivity contribution is 9.10. The first kappa shape index (κ1) is 12.6. The Labute approximate surface area is 113 Å². The third-order valence-electron chi connectivity index (χ3n) is 2.22. The van der Waals surface area contributed by atoms with Gasteiger partial charge < -0.3 is 4.74 Å². The van der Waals surface area contributed by atoms with Crippen LogP contribution in [0.5, 0.6) is 0 Å². The van der Waals surface area contributed by atoms with E-state index in [1.807, 2.05) is 30.3 Å². The number of nitrogens with zero attached hydrogens (tertiary/aromatic N) is 1. The van der Waals surface area contributed by atoms with Crippen molar-refractivity contribution in [1.29, 1.82) is 0 Å². The van der Waals surface area contributed by atoms with Gasteiger partial charge in [-0.25, -0.2) is 4.79 Å². The van der Waals surface area contributed by atoms with Gasteiger partial charge in [0.15, 0.2) is 0 Å². The number of carbonyl (C=O) groups excluding carboxylic acids is 1. The van der Waals surface area contributed by atoms with Gasteiger partial charge in [0.1, 0.15) is 6.61 Å². The van der Waals surface area contributed by atoms with Gasteiger partial charge in [0.2, 0.25) is 0 Å². The topological polar surface area (TPSA) is 51.2 Å². The number of carbonyl (C=O) groups is 1. The van der Waals surface area contributed by atoms with Gasteiger partial charge in [-0.15, -0.1) is 0 Å². The lowest BCUT2D eigenvalue weighted by molar-refractivity contribution is 0.155. The summed E-state index contributed by atoms with van der Waals surface area (Å²) < 4.78 is 5.85. The summed E-state index contributed by atoms with van der Waals surface area (Å²) in [5.74, 6) is 0. The Bertz CT molecular complexity index is 532. The molecule has 5 heteroatoms. The van der Waals surface area contributed by atoms with Gasteiger partial charge >= 0.3 is 6.09 Å². The summed E-state index contributed by atoms with van der Waals surface area (Å²) in [6, 6.07) is 11.2. The molecule has 0 aliphatic heterocycles. The number of aromatic nitrogens is 1. The summed E-state index contributed by atoms with van der Waals surface area (Å²) in [4.78, 5) is 15.5. The number of hydrogen-bond donors (Lipinski definition) is 1. The lowest BCUT2D eigenvalue weighted by Crippen LogP contribution is -2.13. The van der Waals surface area contributed by atoms with Crippen molar-refractivity contribution in [3.05, 3.63) is 58.8 Å². The van der Waals surface area contributed by atoms with E-state index in [2.05, 4.69) is 26.2 Å². The molecule has 0 unspecified atom stereocenters. The average molecular weight is 307 g/mol. The Morgan fingerprint density at radius 2 is 2.06 bits per heavy atom. The molecule has 4 nitrogen and oxygen atoms in total. The van der Waals surface area contributed by atoms with Gasteiger partial charge in [-0.1, -0.05) is 30.3 Å². The second kappa shape index (κ2) is 6.16. The van der Waals surface area contributed by atoms with Crippen molar-refractivity contribution in [2.75, 3.05) is 5.32 Å². The van der Waals surface area contributed by atoms with Gasteiger partial charge in [-0.05, 0) is 27.6 Å². The first-order valence-corrected chi connectivity index (χ1v) is 6.12. The minimum atomic E-state index is -0.507. The third kappa shape index (κ3) is 3.56. The molecule has 1 heterocycles. The van der Waals surface area contributed by atoms with E-state index in [0.29, 0.717) is 5.69 Å². The molecular weight excluding hydrogens is 296 g/mol. The molecule has 0 atom stereocenters. The van der Waals surface area contributed by atoms with E-state index in [1.54, 1.807) is 18.5 Å². The fourth-order valence-electron chi connectivity index (χ4n) is 1.34. The zero-order valence-corrected chi connectivity index (χ0v) is 11.1. The highest BCUT2D eigenvalue weighted by Gasteiger charge is 2.06. The Morgan fingerprint density at radius 3 is 2.78 bits per heavy atom. The minimum absolute atomic E-state index is 0.241. The number of anilines is 1. The molecule has 0 aliphatic carbocycles. The second-order valence-electron chi connectivity index (χ2n) is 3.54.